The van der Waals surface area contributed by atoms with Gasteiger partial charge in [0.25, 0.3) is 6.01 Å². The molecule has 11 nitrogen and oxygen atoms in total. The number of aliphatic carboxylic acids is 1. The van der Waals surface area contributed by atoms with Crippen LogP contribution in [0, 0.1) is 25.2 Å². The van der Waals surface area contributed by atoms with E-state index in [-0.39, 0.29) is 60.6 Å². The number of amides is 1. The van der Waals surface area contributed by atoms with Gasteiger partial charge in [-0.3, -0.25) is 9.36 Å². The van der Waals surface area contributed by atoms with Crippen molar-refractivity contribution in [3.63, 3.8) is 0 Å². The van der Waals surface area contributed by atoms with E-state index in [9.17, 15) is 14.7 Å². The first-order valence-corrected chi connectivity index (χ1v) is 17.3. The van der Waals surface area contributed by atoms with Gasteiger partial charge in [0.15, 0.2) is 11.4 Å². The molecule has 2 saturated heterocycles. The Morgan fingerprint density at radius 3 is 2.78 bits per heavy atom. The fourth-order valence-electron chi connectivity index (χ4n) is 7.54. The maximum Gasteiger partial charge on any atom is 0.326 e. The zero-order chi connectivity index (χ0) is 35.3. The van der Waals surface area contributed by atoms with Crippen LogP contribution in [-0.4, -0.2) is 73.2 Å². The highest BCUT2D eigenvalue weighted by Crippen LogP contribution is 2.41. The number of alkyl halides is 2. The van der Waals surface area contributed by atoms with Crippen molar-refractivity contribution in [1.82, 2.24) is 24.4 Å². The number of carboxylic acids is 1. The molecule has 0 radical (unpaired) electrons. The Labute approximate surface area is 292 Å². The molecule has 4 aliphatic heterocycles. The van der Waals surface area contributed by atoms with Crippen LogP contribution in [0.3, 0.4) is 0 Å². The van der Waals surface area contributed by atoms with Crippen LogP contribution >= 0.6 is 11.6 Å². The molecule has 7 heterocycles. The SMILES string of the molecule is C#C/C=C\c1c(C)oc2c3nc(nc12)C(F)(F)CCCCCC(=O)N1CC[C@@H]([C@@H](C)C1)n1c(nc2cc(Cl)ccc21)O[C@H]1C[C@@H](C(=O)O)N3C1. The molecule has 8 rings (SSSR count). The number of ether oxygens (including phenoxy) is 1. The first kappa shape index (κ1) is 33.8. The summed E-state index contributed by atoms with van der Waals surface area (Å²) in [5, 5.41) is 10.9. The molecule has 0 unspecified atom stereocenters. The summed E-state index contributed by atoms with van der Waals surface area (Å²) >= 11 is 6.34. The number of carbonyl (C=O) groups is 2. The van der Waals surface area contributed by atoms with Crippen molar-refractivity contribution < 1.29 is 32.6 Å². The molecule has 0 aliphatic carbocycles. The highest BCUT2D eigenvalue weighted by Gasteiger charge is 2.44. The number of piperidine rings is 1. The van der Waals surface area contributed by atoms with E-state index in [4.69, 9.17) is 32.2 Å². The summed E-state index contributed by atoms with van der Waals surface area (Å²) in [4.78, 5) is 42.7. The van der Waals surface area contributed by atoms with Crippen molar-refractivity contribution in [2.45, 2.75) is 82.9 Å². The second kappa shape index (κ2) is 13.2. The molecule has 4 atom stereocenters. The largest absolute Gasteiger partial charge is 0.480 e. The van der Waals surface area contributed by atoms with Crippen molar-refractivity contribution in [1.29, 1.82) is 0 Å². The average Bonchev–Trinajstić information content (AvgIpc) is 3.75. The predicted octanol–water partition coefficient (Wildman–Crippen LogP) is 6.76. The lowest BCUT2D eigenvalue weighted by molar-refractivity contribution is -0.138. The number of carboxylic acid groups (broad SMARTS) is 1. The van der Waals surface area contributed by atoms with Crippen LogP contribution in [0.4, 0.5) is 14.6 Å². The van der Waals surface area contributed by atoms with Gasteiger partial charge in [0.05, 0.1) is 17.6 Å². The molecular formula is C36H37ClF2N6O5. The number of hydrogen-bond acceptors (Lipinski definition) is 8. The van der Waals surface area contributed by atoms with Crippen LogP contribution in [0.1, 0.15) is 75.1 Å². The molecule has 1 aromatic carbocycles. The number of aromatic nitrogens is 4. The number of benzene rings is 1. The monoisotopic (exact) mass is 706 g/mol. The van der Waals surface area contributed by atoms with E-state index in [2.05, 4.69) is 22.8 Å². The third-order valence-corrected chi connectivity index (χ3v) is 10.3. The minimum atomic E-state index is -3.45. The third kappa shape index (κ3) is 6.14. The van der Waals surface area contributed by atoms with Gasteiger partial charge in [-0.15, -0.1) is 6.42 Å². The van der Waals surface area contributed by atoms with Crippen LogP contribution in [0.25, 0.3) is 28.2 Å². The number of furan rings is 1. The summed E-state index contributed by atoms with van der Waals surface area (Å²) < 4.78 is 46.5. The second-order valence-corrected chi connectivity index (χ2v) is 13.9. The molecular weight excluding hydrogens is 670 g/mol. The number of nitrogens with zero attached hydrogens (tertiary/aromatic N) is 6. The summed E-state index contributed by atoms with van der Waals surface area (Å²) in [5.74, 6) is -2.64. The van der Waals surface area contributed by atoms with Gasteiger partial charge in [0.1, 0.15) is 23.4 Å². The molecule has 0 spiro atoms. The van der Waals surface area contributed by atoms with Crippen LogP contribution in [0.5, 0.6) is 6.01 Å². The lowest BCUT2D eigenvalue weighted by atomic mass is 9.93. The zero-order valence-electron chi connectivity index (χ0n) is 27.7. The number of terminal acetylenes is 1. The molecule has 1 amide bonds. The van der Waals surface area contributed by atoms with Crippen LogP contribution in [-0.2, 0) is 15.5 Å². The van der Waals surface area contributed by atoms with Gasteiger partial charge in [0.2, 0.25) is 11.7 Å². The maximum absolute atomic E-state index is 16.0. The van der Waals surface area contributed by atoms with Gasteiger partial charge in [-0.1, -0.05) is 30.9 Å². The minimum Gasteiger partial charge on any atom is -0.480 e. The molecule has 262 valence electrons. The first-order valence-electron chi connectivity index (χ1n) is 16.9. The highest BCUT2D eigenvalue weighted by atomic mass is 35.5. The van der Waals surface area contributed by atoms with Gasteiger partial charge in [-0.25, -0.2) is 14.8 Å². The number of anilines is 1. The molecule has 0 saturated carbocycles. The molecule has 4 aromatic rings. The Hall–Kier alpha value is -4.70. The fraction of sp³-hybridized carbons (Fsp3) is 0.472. The van der Waals surface area contributed by atoms with Crippen molar-refractivity contribution in [2.75, 3.05) is 24.5 Å². The molecule has 4 aliphatic rings. The summed E-state index contributed by atoms with van der Waals surface area (Å²) in [6.07, 6.45) is 9.11. The Balaban J connectivity index is 1.36. The highest BCUT2D eigenvalue weighted by molar-refractivity contribution is 6.31. The Morgan fingerprint density at radius 2 is 2.02 bits per heavy atom. The van der Waals surface area contributed by atoms with E-state index in [0.717, 1.165) is 5.52 Å². The lowest BCUT2D eigenvalue weighted by Gasteiger charge is -2.38. The molecule has 50 heavy (non-hydrogen) atoms. The van der Waals surface area contributed by atoms with E-state index in [0.29, 0.717) is 60.2 Å². The van der Waals surface area contributed by atoms with Gasteiger partial charge in [0, 0.05) is 49.0 Å². The van der Waals surface area contributed by atoms with E-state index in [1.807, 2.05) is 15.5 Å². The van der Waals surface area contributed by atoms with Gasteiger partial charge >= 0.3 is 11.9 Å². The third-order valence-electron chi connectivity index (χ3n) is 10.0. The Bertz CT molecular complexity index is 2050. The summed E-state index contributed by atoms with van der Waals surface area (Å²) in [7, 11) is 0. The predicted molar refractivity (Wildman–Crippen MR) is 183 cm³/mol. The van der Waals surface area contributed by atoms with Crippen LogP contribution in [0.15, 0.2) is 28.7 Å². The number of rotatable bonds is 2. The lowest BCUT2D eigenvalue weighted by Crippen LogP contribution is -2.43. The average molecular weight is 707 g/mol. The topological polar surface area (TPSA) is 127 Å². The number of fused-ring (bicyclic) bond motifs is 10. The van der Waals surface area contributed by atoms with E-state index < -0.39 is 36.3 Å². The normalized spacial score (nSPS) is 24.4. The van der Waals surface area contributed by atoms with Crippen LogP contribution in [0.2, 0.25) is 5.02 Å². The fourth-order valence-corrected chi connectivity index (χ4v) is 7.71. The molecule has 2 fully saturated rings. The minimum absolute atomic E-state index is 0.00211. The smallest absolute Gasteiger partial charge is 0.326 e. The maximum atomic E-state index is 16.0. The van der Waals surface area contributed by atoms with E-state index in [1.165, 1.54) is 11.0 Å². The Kier molecular flexibility index (Phi) is 8.92. The quantitative estimate of drug-likeness (QED) is 0.225. The van der Waals surface area contributed by atoms with Crippen molar-refractivity contribution in [3.05, 3.63) is 46.4 Å². The van der Waals surface area contributed by atoms with Gasteiger partial charge in [-0.2, -0.15) is 13.8 Å². The van der Waals surface area contributed by atoms with Crippen molar-refractivity contribution in [3.8, 4) is 18.4 Å². The van der Waals surface area contributed by atoms with E-state index >= 15 is 8.78 Å². The second-order valence-electron chi connectivity index (χ2n) is 13.4. The van der Waals surface area contributed by atoms with Crippen LogP contribution < -0.4 is 9.64 Å². The standard InChI is InChI=1S/C36H37ClF2N6O5/c1-4-5-9-24-21(3)49-31-30(24)41-34-36(38,39)14-8-6-7-10-29(46)43-15-13-26(20(2)18-43)45-27-12-11-22(37)16-25(27)40-35(45)50-23-17-28(33(47)48)44(19-23)32(31)42-34/h1,5,9,11-12,16,20,23,26,28H,6-8,10,13-15,17-19H2,2-3H3,(H,47,48)/b9-5-/t20-,23-,26-,28-/m0/s1. The van der Waals surface area contributed by atoms with Gasteiger partial charge < -0.3 is 24.1 Å². The zero-order valence-corrected chi connectivity index (χ0v) is 28.5. The number of aryl methyl sites for hydroxylation is 1. The first-order chi connectivity index (χ1) is 23.9. The molecule has 1 N–H and O–H groups in total. The molecule has 14 heteroatoms. The Morgan fingerprint density at radius 1 is 1.20 bits per heavy atom. The van der Waals surface area contributed by atoms with Crippen molar-refractivity contribution in [2.24, 2.45) is 5.92 Å². The number of carbonyl (C=O) groups excluding carboxylic acids is 1. The number of imidazole rings is 1. The van der Waals surface area contributed by atoms with Crippen molar-refractivity contribution >= 4 is 57.5 Å². The van der Waals surface area contributed by atoms with E-state index in [1.54, 1.807) is 25.1 Å². The van der Waals surface area contributed by atoms with Gasteiger partial charge in [-0.05, 0) is 62.5 Å². The number of halogens is 3. The molecule has 6 bridgehead atoms. The number of hydrogen-bond donors (Lipinski definition) is 1. The molecule has 3 aromatic heterocycles. The number of allylic oxidation sites excluding steroid dienone is 1. The summed E-state index contributed by atoms with van der Waals surface area (Å²) in [5.41, 5.74) is 2.00. The summed E-state index contributed by atoms with van der Waals surface area (Å²) in [6, 6.07) is 4.46. The summed E-state index contributed by atoms with van der Waals surface area (Å²) in [6.45, 7) is 4.78.